The molecule has 0 aliphatic carbocycles. The highest BCUT2D eigenvalue weighted by atomic mass is 35.5. The summed E-state index contributed by atoms with van der Waals surface area (Å²) < 4.78 is 6.14. The summed E-state index contributed by atoms with van der Waals surface area (Å²) in [5, 5.41) is 6.66. The fourth-order valence-electron chi connectivity index (χ4n) is 2.35. The maximum absolute atomic E-state index is 13.0. The number of rotatable bonds is 4. The van der Waals surface area contributed by atoms with E-state index in [1.165, 1.54) is 22.6 Å². The Bertz CT molecular complexity index is 1070. The van der Waals surface area contributed by atoms with Crippen molar-refractivity contribution in [1.82, 2.24) is 4.98 Å². The first-order chi connectivity index (χ1) is 12.7. The molecule has 0 saturated heterocycles. The number of carbonyl (C=O) groups excluding carboxylic acids is 1. The van der Waals surface area contributed by atoms with E-state index in [0.717, 1.165) is 10.2 Å². The minimum atomic E-state index is -0.279. The summed E-state index contributed by atoms with van der Waals surface area (Å²) in [7, 11) is 0. The summed E-state index contributed by atoms with van der Waals surface area (Å²) in [4.78, 5) is 17.5. The zero-order valence-corrected chi connectivity index (χ0v) is 14.9. The lowest BCUT2D eigenvalue weighted by Crippen LogP contribution is -2.25. The van der Waals surface area contributed by atoms with Gasteiger partial charge in [0.15, 0.2) is 0 Å². The number of halogens is 1. The van der Waals surface area contributed by atoms with Gasteiger partial charge in [-0.25, -0.2) is 4.98 Å². The van der Waals surface area contributed by atoms with Crippen molar-refractivity contribution in [2.75, 3.05) is 5.01 Å². The maximum Gasteiger partial charge on any atom is 0.280 e. The second kappa shape index (κ2) is 7.11. The second-order valence-corrected chi connectivity index (χ2v) is 6.80. The summed E-state index contributed by atoms with van der Waals surface area (Å²) in [6, 6.07) is 17.9. The minimum absolute atomic E-state index is 0.279. The quantitative estimate of drug-likeness (QED) is 0.359. The molecule has 5 nitrogen and oxygen atoms in total. The van der Waals surface area contributed by atoms with Gasteiger partial charge in [0, 0.05) is 10.6 Å². The lowest BCUT2D eigenvalue weighted by molar-refractivity contribution is 0.0988. The van der Waals surface area contributed by atoms with Gasteiger partial charge in [0.1, 0.15) is 5.76 Å². The van der Waals surface area contributed by atoms with E-state index in [9.17, 15) is 4.79 Å². The third-order valence-corrected chi connectivity index (χ3v) is 4.81. The molecule has 2 heterocycles. The van der Waals surface area contributed by atoms with Crippen LogP contribution in [0, 0.1) is 0 Å². The Labute approximate surface area is 158 Å². The Balaban J connectivity index is 1.77. The van der Waals surface area contributed by atoms with E-state index in [1.807, 2.05) is 18.2 Å². The van der Waals surface area contributed by atoms with Crippen LogP contribution in [0.4, 0.5) is 5.13 Å². The van der Waals surface area contributed by atoms with Gasteiger partial charge in [0.05, 0.1) is 22.7 Å². The van der Waals surface area contributed by atoms with Gasteiger partial charge in [-0.2, -0.15) is 10.1 Å². The zero-order chi connectivity index (χ0) is 17.9. The third-order valence-electron chi connectivity index (χ3n) is 3.58. The monoisotopic (exact) mass is 381 g/mol. The van der Waals surface area contributed by atoms with Crippen LogP contribution in [0.15, 0.2) is 76.4 Å². The van der Waals surface area contributed by atoms with Crippen LogP contribution in [-0.2, 0) is 0 Å². The Morgan fingerprint density at radius 1 is 1.15 bits per heavy atom. The van der Waals surface area contributed by atoms with Crippen molar-refractivity contribution < 1.29 is 9.21 Å². The molecule has 7 heteroatoms. The molecule has 0 N–H and O–H groups in total. The smallest absolute Gasteiger partial charge is 0.280 e. The number of benzene rings is 2. The van der Waals surface area contributed by atoms with E-state index in [-0.39, 0.29) is 5.91 Å². The topological polar surface area (TPSA) is 58.7 Å². The van der Waals surface area contributed by atoms with Gasteiger partial charge < -0.3 is 4.42 Å². The highest BCUT2D eigenvalue weighted by molar-refractivity contribution is 7.22. The molecule has 4 aromatic rings. The molecule has 4 rings (SSSR count). The van der Waals surface area contributed by atoms with Crippen molar-refractivity contribution in [3.05, 3.63) is 83.3 Å². The number of hydrogen-bond acceptors (Lipinski definition) is 5. The molecule has 0 atom stereocenters. The van der Waals surface area contributed by atoms with Crippen LogP contribution in [0.5, 0.6) is 0 Å². The normalized spacial score (nSPS) is 11.3. The van der Waals surface area contributed by atoms with Gasteiger partial charge in [-0.3, -0.25) is 4.79 Å². The minimum Gasteiger partial charge on any atom is -0.463 e. The van der Waals surface area contributed by atoms with Crippen molar-refractivity contribution in [1.29, 1.82) is 0 Å². The SMILES string of the molecule is O=C(c1ccccc1)N(/N=C\c1ccco1)c1nc2ccc(Cl)cc2s1. The van der Waals surface area contributed by atoms with Crippen LogP contribution in [-0.4, -0.2) is 17.1 Å². The Morgan fingerprint density at radius 3 is 2.77 bits per heavy atom. The van der Waals surface area contributed by atoms with E-state index in [4.69, 9.17) is 16.0 Å². The first-order valence-corrected chi connectivity index (χ1v) is 8.93. The van der Waals surface area contributed by atoms with Gasteiger partial charge in [-0.1, -0.05) is 41.1 Å². The molecular formula is C19H12ClN3O2S. The van der Waals surface area contributed by atoms with Crippen molar-refractivity contribution >= 4 is 50.4 Å². The van der Waals surface area contributed by atoms with Crippen molar-refractivity contribution in [3.8, 4) is 0 Å². The molecule has 0 aliphatic rings. The predicted molar refractivity (Wildman–Crippen MR) is 104 cm³/mol. The molecule has 0 radical (unpaired) electrons. The third kappa shape index (κ3) is 3.37. The summed E-state index contributed by atoms with van der Waals surface area (Å²) in [5.74, 6) is 0.263. The number of aromatic nitrogens is 1. The number of fused-ring (bicyclic) bond motifs is 1. The fourth-order valence-corrected chi connectivity index (χ4v) is 3.55. The molecule has 0 spiro atoms. The number of carbonyl (C=O) groups is 1. The lowest BCUT2D eigenvalue weighted by Gasteiger charge is -2.13. The molecule has 0 unspecified atom stereocenters. The molecule has 2 aromatic carbocycles. The molecule has 1 amide bonds. The van der Waals surface area contributed by atoms with Crippen LogP contribution >= 0.6 is 22.9 Å². The first-order valence-electron chi connectivity index (χ1n) is 7.74. The van der Waals surface area contributed by atoms with Gasteiger partial charge >= 0.3 is 0 Å². The maximum atomic E-state index is 13.0. The van der Waals surface area contributed by atoms with Crippen LogP contribution < -0.4 is 5.01 Å². The Hall–Kier alpha value is -2.96. The second-order valence-electron chi connectivity index (χ2n) is 5.35. The van der Waals surface area contributed by atoms with Crippen molar-refractivity contribution in [2.24, 2.45) is 5.10 Å². The number of anilines is 1. The standard InChI is InChI=1S/C19H12ClN3O2S/c20-14-8-9-16-17(11-14)26-19(22-16)23(21-12-15-7-4-10-25-15)18(24)13-5-2-1-3-6-13/h1-12H/b21-12-. The number of furan rings is 1. The van der Waals surface area contributed by atoms with Gasteiger partial charge in [0.25, 0.3) is 5.91 Å². The molecule has 128 valence electrons. The summed E-state index contributed by atoms with van der Waals surface area (Å²) >= 11 is 7.40. The first kappa shape index (κ1) is 16.5. The summed E-state index contributed by atoms with van der Waals surface area (Å²) in [5.41, 5.74) is 1.27. The summed E-state index contributed by atoms with van der Waals surface area (Å²) in [6.07, 6.45) is 3.03. The van der Waals surface area contributed by atoms with Gasteiger partial charge in [-0.05, 0) is 42.5 Å². The number of nitrogens with zero attached hydrogens (tertiary/aromatic N) is 3. The van der Waals surface area contributed by atoms with Crippen LogP contribution in [0.3, 0.4) is 0 Å². The van der Waals surface area contributed by atoms with Crippen LogP contribution in [0.25, 0.3) is 10.2 Å². The van der Waals surface area contributed by atoms with Crippen LogP contribution in [0.2, 0.25) is 5.02 Å². The molecule has 0 aliphatic heterocycles. The Kier molecular flexibility index (Phi) is 4.51. The van der Waals surface area contributed by atoms with E-state index in [0.29, 0.717) is 21.5 Å². The number of amides is 1. The van der Waals surface area contributed by atoms with Crippen LogP contribution in [0.1, 0.15) is 16.1 Å². The summed E-state index contributed by atoms with van der Waals surface area (Å²) in [6.45, 7) is 0. The zero-order valence-electron chi connectivity index (χ0n) is 13.4. The average Bonchev–Trinajstić information content (AvgIpc) is 3.31. The lowest BCUT2D eigenvalue weighted by atomic mass is 10.2. The molecule has 26 heavy (non-hydrogen) atoms. The highest BCUT2D eigenvalue weighted by Gasteiger charge is 2.21. The Morgan fingerprint density at radius 2 is 2.00 bits per heavy atom. The van der Waals surface area contributed by atoms with E-state index in [1.54, 1.807) is 48.7 Å². The number of thiazole rings is 1. The van der Waals surface area contributed by atoms with Gasteiger partial charge in [0.2, 0.25) is 5.13 Å². The van der Waals surface area contributed by atoms with Crippen molar-refractivity contribution in [2.45, 2.75) is 0 Å². The highest BCUT2D eigenvalue weighted by Crippen LogP contribution is 2.31. The molecule has 0 saturated carbocycles. The largest absolute Gasteiger partial charge is 0.463 e. The number of hydrogen-bond donors (Lipinski definition) is 0. The van der Waals surface area contributed by atoms with E-state index < -0.39 is 0 Å². The predicted octanol–water partition coefficient (Wildman–Crippen LogP) is 5.22. The average molecular weight is 382 g/mol. The molecule has 0 fully saturated rings. The fraction of sp³-hybridized carbons (Fsp3) is 0. The molecular weight excluding hydrogens is 370 g/mol. The van der Waals surface area contributed by atoms with Gasteiger partial charge in [-0.15, -0.1) is 0 Å². The number of hydrazone groups is 1. The molecule has 2 aromatic heterocycles. The van der Waals surface area contributed by atoms with E-state index >= 15 is 0 Å². The molecule has 0 bridgehead atoms. The van der Waals surface area contributed by atoms with E-state index in [2.05, 4.69) is 10.1 Å². The van der Waals surface area contributed by atoms with Crippen molar-refractivity contribution in [3.63, 3.8) is 0 Å².